The predicted octanol–water partition coefficient (Wildman–Crippen LogP) is 3.59. The molecule has 0 N–H and O–H groups in total. The summed E-state index contributed by atoms with van der Waals surface area (Å²) < 4.78 is 26.4. The van der Waals surface area contributed by atoms with Crippen molar-refractivity contribution in [3.63, 3.8) is 0 Å². The maximum absolute atomic E-state index is 14.1. The summed E-state index contributed by atoms with van der Waals surface area (Å²) in [6, 6.07) is 4.18. The highest BCUT2D eigenvalue weighted by Gasteiger charge is 2.27. The zero-order chi connectivity index (χ0) is 19.7. The number of nitrogens with zero attached hydrogens (tertiary/aromatic N) is 4. The van der Waals surface area contributed by atoms with Crippen molar-refractivity contribution in [2.45, 2.75) is 26.8 Å². The largest absolute Gasteiger partial charge is 0.494 e. The first-order valence-corrected chi connectivity index (χ1v) is 8.45. The molecule has 142 valence electrons. The number of aryl methyl sites for hydroxylation is 2. The van der Waals surface area contributed by atoms with Gasteiger partial charge in [-0.25, -0.2) is 9.37 Å². The number of ether oxygens (including phenoxy) is 1. The molecule has 8 heteroatoms. The maximum atomic E-state index is 14.1. The van der Waals surface area contributed by atoms with Crippen LogP contribution in [0.2, 0.25) is 0 Å². The monoisotopic (exact) mass is 372 g/mol. The number of hydrogen-bond donors (Lipinski definition) is 0. The van der Waals surface area contributed by atoms with Crippen molar-refractivity contribution in [3.8, 4) is 17.2 Å². The lowest BCUT2D eigenvalue weighted by Gasteiger charge is -2.26. The van der Waals surface area contributed by atoms with E-state index < -0.39 is 5.82 Å². The van der Waals surface area contributed by atoms with Crippen molar-refractivity contribution < 1.29 is 18.3 Å². The zero-order valence-electron chi connectivity index (χ0n) is 15.9. The van der Waals surface area contributed by atoms with Crippen LogP contribution in [0.5, 0.6) is 5.75 Å². The fourth-order valence-electron chi connectivity index (χ4n) is 2.82. The first kappa shape index (κ1) is 18.6. The van der Waals surface area contributed by atoms with E-state index in [-0.39, 0.29) is 23.4 Å². The fourth-order valence-corrected chi connectivity index (χ4v) is 2.82. The molecule has 0 atom stereocenters. The van der Waals surface area contributed by atoms with Crippen LogP contribution >= 0.6 is 0 Å². The number of rotatable bonds is 5. The summed E-state index contributed by atoms with van der Waals surface area (Å²) in [5.41, 5.74) is 1.27. The summed E-state index contributed by atoms with van der Waals surface area (Å²) >= 11 is 0. The number of aromatic nitrogens is 3. The number of benzene rings is 1. The number of methoxy groups -OCH3 is 1. The predicted molar refractivity (Wildman–Crippen MR) is 98.3 cm³/mol. The summed E-state index contributed by atoms with van der Waals surface area (Å²) in [7, 11) is 3.17. The third-order valence-corrected chi connectivity index (χ3v) is 4.10. The Hall–Kier alpha value is -3.16. The second-order valence-corrected chi connectivity index (χ2v) is 6.41. The highest BCUT2D eigenvalue weighted by atomic mass is 19.1. The second kappa shape index (κ2) is 7.22. The van der Waals surface area contributed by atoms with Gasteiger partial charge in [0.15, 0.2) is 17.3 Å². The van der Waals surface area contributed by atoms with Crippen LogP contribution in [0, 0.1) is 12.7 Å². The molecule has 27 heavy (non-hydrogen) atoms. The van der Waals surface area contributed by atoms with E-state index in [2.05, 4.69) is 10.1 Å². The highest BCUT2D eigenvalue weighted by Crippen LogP contribution is 2.28. The molecule has 2 heterocycles. The van der Waals surface area contributed by atoms with Crippen LogP contribution in [0.3, 0.4) is 0 Å². The van der Waals surface area contributed by atoms with Crippen LogP contribution in [0.15, 0.2) is 35.0 Å². The summed E-state index contributed by atoms with van der Waals surface area (Å²) in [4.78, 5) is 19.0. The first-order valence-electron chi connectivity index (χ1n) is 8.45. The third kappa shape index (κ3) is 3.55. The summed E-state index contributed by atoms with van der Waals surface area (Å²) in [5, 5.41) is 4.08. The molecule has 2 aromatic heterocycles. The van der Waals surface area contributed by atoms with Gasteiger partial charge in [-0.15, -0.1) is 0 Å². The normalized spacial score (nSPS) is 11.1. The van der Waals surface area contributed by atoms with Gasteiger partial charge >= 0.3 is 0 Å². The van der Waals surface area contributed by atoms with Gasteiger partial charge in [-0.05, 0) is 32.9 Å². The molecule has 0 aliphatic heterocycles. The molecule has 1 aromatic carbocycles. The Kier molecular flexibility index (Phi) is 4.98. The first-order chi connectivity index (χ1) is 12.8. The number of carbonyl (C=O) groups is 1. The highest BCUT2D eigenvalue weighted by molar-refractivity contribution is 6.06. The number of carbonyl (C=O) groups excluding carboxylic acids is 1. The lowest BCUT2D eigenvalue weighted by atomic mass is 10.2. The summed E-state index contributed by atoms with van der Waals surface area (Å²) in [6.45, 7) is 5.36. The van der Waals surface area contributed by atoms with Crippen LogP contribution in [0.25, 0.3) is 11.5 Å². The lowest BCUT2D eigenvalue weighted by molar-refractivity contribution is 0.0974. The van der Waals surface area contributed by atoms with Gasteiger partial charge in [-0.1, -0.05) is 0 Å². The molecule has 0 aliphatic rings. The van der Waals surface area contributed by atoms with Gasteiger partial charge in [0, 0.05) is 31.0 Å². The minimum absolute atomic E-state index is 0.117. The molecule has 3 aromatic rings. The molecule has 1 amide bonds. The van der Waals surface area contributed by atoms with Crippen molar-refractivity contribution in [1.29, 1.82) is 0 Å². The summed E-state index contributed by atoms with van der Waals surface area (Å²) in [5.74, 6) is -0.0919. The standard InChI is InChI=1S/C19H21FN4O3/c1-11(2)24(14-6-7-16(26-5)15(20)8-14)19(25)17-12(3)27-18(22-17)13-9-21-23(4)10-13/h6-11H,1-5H3. The number of anilines is 1. The Morgan fingerprint density at radius 2 is 2.11 bits per heavy atom. The van der Waals surface area contributed by atoms with Gasteiger partial charge in [0.2, 0.25) is 5.89 Å². The van der Waals surface area contributed by atoms with E-state index in [1.807, 2.05) is 13.8 Å². The minimum Gasteiger partial charge on any atom is -0.494 e. The van der Waals surface area contributed by atoms with Crippen LogP contribution in [0.1, 0.15) is 30.1 Å². The van der Waals surface area contributed by atoms with E-state index in [4.69, 9.17) is 9.15 Å². The van der Waals surface area contributed by atoms with Crippen molar-refractivity contribution in [2.24, 2.45) is 7.05 Å². The molecular formula is C19H21FN4O3. The number of halogens is 1. The number of oxazole rings is 1. The molecule has 3 rings (SSSR count). The van der Waals surface area contributed by atoms with E-state index in [9.17, 15) is 9.18 Å². The van der Waals surface area contributed by atoms with Crippen LogP contribution < -0.4 is 9.64 Å². The SMILES string of the molecule is COc1ccc(N(C(=O)c2nc(-c3cnn(C)c3)oc2C)C(C)C)cc1F. The molecule has 0 spiro atoms. The van der Waals surface area contributed by atoms with Gasteiger partial charge in [0.25, 0.3) is 5.91 Å². The van der Waals surface area contributed by atoms with Gasteiger partial charge in [-0.3, -0.25) is 9.48 Å². The Bertz CT molecular complexity index is 977. The number of amides is 1. The van der Waals surface area contributed by atoms with Gasteiger partial charge in [0.05, 0.1) is 18.9 Å². The van der Waals surface area contributed by atoms with Crippen LogP contribution in [0.4, 0.5) is 10.1 Å². The topological polar surface area (TPSA) is 73.4 Å². The molecule has 0 fully saturated rings. The Labute approximate surface area is 156 Å². The lowest BCUT2D eigenvalue weighted by Crippen LogP contribution is -2.37. The van der Waals surface area contributed by atoms with Crippen molar-refractivity contribution >= 4 is 11.6 Å². The minimum atomic E-state index is -0.540. The molecule has 0 bridgehead atoms. The molecule has 0 saturated carbocycles. The van der Waals surface area contributed by atoms with E-state index in [1.54, 1.807) is 37.1 Å². The second-order valence-electron chi connectivity index (χ2n) is 6.41. The van der Waals surface area contributed by atoms with Crippen LogP contribution in [-0.4, -0.2) is 33.8 Å². The van der Waals surface area contributed by atoms with E-state index in [1.165, 1.54) is 24.1 Å². The van der Waals surface area contributed by atoms with E-state index >= 15 is 0 Å². The molecule has 0 radical (unpaired) electrons. The number of hydrogen-bond acceptors (Lipinski definition) is 5. The maximum Gasteiger partial charge on any atom is 0.280 e. The van der Waals surface area contributed by atoms with Gasteiger partial charge < -0.3 is 14.1 Å². The molecular weight excluding hydrogens is 351 g/mol. The average molecular weight is 372 g/mol. The van der Waals surface area contributed by atoms with Crippen LogP contribution in [-0.2, 0) is 7.05 Å². The Morgan fingerprint density at radius 3 is 2.67 bits per heavy atom. The Morgan fingerprint density at radius 1 is 1.37 bits per heavy atom. The quantitative estimate of drug-likeness (QED) is 0.684. The Balaban J connectivity index is 1.99. The van der Waals surface area contributed by atoms with Crippen molar-refractivity contribution in [1.82, 2.24) is 14.8 Å². The van der Waals surface area contributed by atoms with Gasteiger partial charge in [0.1, 0.15) is 5.76 Å². The smallest absolute Gasteiger partial charge is 0.280 e. The zero-order valence-corrected chi connectivity index (χ0v) is 15.9. The van der Waals surface area contributed by atoms with E-state index in [0.29, 0.717) is 22.9 Å². The summed E-state index contributed by atoms with van der Waals surface area (Å²) in [6.07, 6.45) is 3.36. The van der Waals surface area contributed by atoms with Crippen molar-refractivity contribution in [2.75, 3.05) is 12.0 Å². The van der Waals surface area contributed by atoms with Crippen molar-refractivity contribution in [3.05, 3.63) is 47.9 Å². The molecule has 0 unspecified atom stereocenters. The van der Waals surface area contributed by atoms with Gasteiger partial charge in [-0.2, -0.15) is 5.10 Å². The average Bonchev–Trinajstić information content (AvgIpc) is 3.20. The third-order valence-electron chi connectivity index (χ3n) is 4.10. The molecule has 0 saturated heterocycles. The molecule has 0 aliphatic carbocycles. The molecule has 7 nitrogen and oxygen atoms in total. The van der Waals surface area contributed by atoms with E-state index in [0.717, 1.165) is 0 Å². The fraction of sp³-hybridized carbons (Fsp3) is 0.316.